The van der Waals surface area contributed by atoms with Crippen LogP contribution in [0.15, 0.2) is 0 Å². The lowest BCUT2D eigenvalue weighted by Crippen LogP contribution is -2.70. The summed E-state index contributed by atoms with van der Waals surface area (Å²) in [7, 11) is 0. The van der Waals surface area contributed by atoms with Crippen molar-refractivity contribution in [2.24, 2.45) is 0 Å². The molecule has 1 atom stereocenters. The highest BCUT2D eigenvalue weighted by molar-refractivity contribution is 14.1. The van der Waals surface area contributed by atoms with Gasteiger partial charge >= 0.3 is 29.9 Å². The van der Waals surface area contributed by atoms with Crippen molar-refractivity contribution in [3.05, 3.63) is 0 Å². The second-order valence-electron chi connectivity index (χ2n) is 4.37. The van der Waals surface area contributed by atoms with E-state index in [0.29, 0.717) is 0 Å². The van der Waals surface area contributed by atoms with Crippen LogP contribution in [-0.2, 0) is 0 Å². The van der Waals surface area contributed by atoms with E-state index >= 15 is 0 Å². The molecule has 0 aliphatic carbocycles. The molecule has 0 nitrogen and oxygen atoms in total. The summed E-state index contributed by atoms with van der Waals surface area (Å²) in [5.41, 5.74) is -6.16. The molecule has 0 heterocycles. The predicted molar refractivity (Wildman–Crippen MR) is 58.9 cm³/mol. The van der Waals surface area contributed by atoms with Gasteiger partial charge in [-0.2, -0.15) is 48.3 Å². The molecule has 0 saturated carbocycles. The molecule has 0 aromatic carbocycles. The van der Waals surface area contributed by atoms with Crippen LogP contribution in [-0.4, -0.2) is 40.0 Å². The first-order chi connectivity index (χ1) is 9.31. The molecular formula is C9H7F12I. The number of hydrogen-bond acceptors (Lipinski definition) is 0. The van der Waals surface area contributed by atoms with Gasteiger partial charge < -0.3 is 0 Å². The van der Waals surface area contributed by atoms with Crippen molar-refractivity contribution in [3.63, 3.8) is 0 Å². The highest BCUT2D eigenvalue weighted by Crippen LogP contribution is 2.60. The maximum atomic E-state index is 13.1. The van der Waals surface area contributed by atoms with Gasteiger partial charge in [0.25, 0.3) is 5.67 Å². The van der Waals surface area contributed by atoms with Gasteiger partial charge in [0.2, 0.25) is 0 Å². The molecule has 0 spiro atoms. The molecule has 22 heavy (non-hydrogen) atoms. The first kappa shape index (κ1) is 21.9. The van der Waals surface area contributed by atoms with Gasteiger partial charge in [-0.3, -0.25) is 0 Å². The van der Waals surface area contributed by atoms with Gasteiger partial charge in [0.05, 0.1) is 0 Å². The zero-order valence-corrected chi connectivity index (χ0v) is 12.5. The Kier molecular flexibility index (Phi) is 5.73. The molecule has 1 unspecified atom stereocenters. The van der Waals surface area contributed by atoms with Crippen LogP contribution in [0.5, 0.6) is 0 Å². The van der Waals surface area contributed by atoms with Gasteiger partial charge in [-0.1, -0.05) is 22.6 Å². The normalized spacial score (nSPS) is 18.3. The molecule has 0 aliphatic heterocycles. The van der Waals surface area contributed by atoms with Crippen LogP contribution in [0.2, 0.25) is 0 Å². The van der Waals surface area contributed by atoms with E-state index in [9.17, 15) is 52.7 Å². The van der Waals surface area contributed by atoms with Gasteiger partial charge in [-0.25, -0.2) is 4.39 Å². The zero-order valence-electron chi connectivity index (χ0n) is 10.3. The number of hydrogen-bond donors (Lipinski definition) is 0. The first-order valence-electron chi connectivity index (χ1n) is 5.14. The van der Waals surface area contributed by atoms with Crippen LogP contribution in [0.4, 0.5) is 52.7 Å². The van der Waals surface area contributed by atoms with Crippen molar-refractivity contribution >= 4 is 22.6 Å². The molecular weight excluding hydrogens is 463 g/mol. The Balaban J connectivity index is 6.11. The second kappa shape index (κ2) is 5.76. The number of halogens is 13. The molecule has 13 heteroatoms. The third kappa shape index (κ3) is 2.97. The third-order valence-electron chi connectivity index (χ3n) is 2.78. The van der Waals surface area contributed by atoms with Crippen molar-refractivity contribution < 1.29 is 52.7 Å². The van der Waals surface area contributed by atoms with E-state index in [2.05, 4.69) is 0 Å². The van der Waals surface area contributed by atoms with Crippen LogP contribution in [0.25, 0.3) is 0 Å². The average molecular weight is 470 g/mol. The summed E-state index contributed by atoms with van der Waals surface area (Å²) in [5.74, 6) is -27.1. The van der Waals surface area contributed by atoms with E-state index in [1.54, 1.807) is 0 Å². The van der Waals surface area contributed by atoms with Crippen LogP contribution in [0.1, 0.15) is 13.3 Å². The second-order valence-corrected chi connectivity index (χ2v) is 5.45. The van der Waals surface area contributed by atoms with Crippen molar-refractivity contribution in [1.29, 1.82) is 0 Å². The molecule has 0 amide bonds. The fourth-order valence-electron chi connectivity index (χ4n) is 1.18. The summed E-state index contributed by atoms with van der Waals surface area (Å²) in [4.78, 5) is 0. The van der Waals surface area contributed by atoms with E-state index in [1.165, 1.54) is 0 Å². The van der Waals surface area contributed by atoms with E-state index < -0.39 is 53.3 Å². The molecule has 0 radical (unpaired) electrons. The molecule has 0 rings (SSSR count). The fourth-order valence-corrected chi connectivity index (χ4v) is 1.85. The Bertz CT molecular complexity index is 396. The van der Waals surface area contributed by atoms with E-state index in [1.807, 2.05) is 0 Å². The summed E-state index contributed by atoms with van der Waals surface area (Å²) >= 11 is 1.03. The van der Waals surface area contributed by atoms with Crippen LogP contribution < -0.4 is 0 Å². The fraction of sp³-hybridized carbons (Fsp3) is 1.00. The van der Waals surface area contributed by atoms with Crippen LogP contribution in [0.3, 0.4) is 0 Å². The van der Waals surface area contributed by atoms with Gasteiger partial charge in [0, 0.05) is 10.8 Å². The van der Waals surface area contributed by atoms with Crippen molar-refractivity contribution in [1.82, 2.24) is 0 Å². The van der Waals surface area contributed by atoms with Crippen molar-refractivity contribution in [2.45, 2.75) is 48.9 Å². The summed E-state index contributed by atoms with van der Waals surface area (Å²) in [6.45, 7) is -1.13. The summed E-state index contributed by atoms with van der Waals surface area (Å²) in [5, 5.41) is 0. The van der Waals surface area contributed by atoms with E-state index in [0.717, 1.165) is 22.6 Å². The molecule has 0 aromatic heterocycles. The standard InChI is InChI=1S/C9H7F12I/c1-4(10,9(19,20)21)6(13,14)8(17,18)7(15,16)5(11,12)2-3-22/h2-3H2,1H3. The Morgan fingerprint density at radius 2 is 1.00 bits per heavy atom. The maximum Gasteiger partial charge on any atom is 0.428 e. The molecule has 0 saturated heterocycles. The topological polar surface area (TPSA) is 0 Å². The van der Waals surface area contributed by atoms with Crippen molar-refractivity contribution in [2.75, 3.05) is 4.43 Å². The summed E-state index contributed by atoms with van der Waals surface area (Å²) in [6, 6.07) is 0. The van der Waals surface area contributed by atoms with E-state index in [-0.39, 0.29) is 0 Å². The Hall–Kier alpha value is -0.110. The van der Waals surface area contributed by atoms with Gasteiger partial charge in [-0.05, 0) is 6.92 Å². The minimum Gasteiger partial charge on any atom is -0.227 e. The lowest BCUT2D eigenvalue weighted by Gasteiger charge is -2.41. The smallest absolute Gasteiger partial charge is 0.227 e. The zero-order chi connectivity index (χ0) is 18.4. The van der Waals surface area contributed by atoms with Gasteiger partial charge in [0.1, 0.15) is 0 Å². The molecule has 0 N–H and O–H groups in total. The predicted octanol–water partition coefficient (Wildman–Crippen LogP) is 5.64. The highest BCUT2D eigenvalue weighted by atomic mass is 127. The Labute approximate surface area is 129 Å². The Morgan fingerprint density at radius 1 is 0.636 bits per heavy atom. The van der Waals surface area contributed by atoms with E-state index in [4.69, 9.17) is 0 Å². The number of alkyl halides is 13. The van der Waals surface area contributed by atoms with Gasteiger partial charge in [-0.15, -0.1) is 0 Å². The van der Waals surface area contributed by atoms with Crippen molar-refractivity contribution in [3.8, 4) is 0 Å². The Morgan fingerprint density at radius 3 is 1.27 bits per heavy atom. The largest absolute Gasteiger partial charge is 0.428 e. The monoisotopic (exact) mass is 470 g/mol. The van der Waals surface area contributed by atoms with Gasteiger partial charge in [0.15, 0.2) is 0 Å². The molecule has 0 aliphatic rings. The minimum atomic E-state index is -7.30. The third-order valence-corrected chi connectivity index (χ3v) is 3.32. The molecule has 0 bridgehead atoms. The maximum absolute atomic E-state index is 13.1. The quantitative estimate of drug-likeness (QED) is 0.268. The first-order valence-corrected chi connectivity index (χ1v) is 6.66. The highest BCUT2D eigenvalue weighted by Gasteiger charge is 2.87. The lowest BCUT2D eigenvalue weighted by atomic mass is 9.87. The minimum absolute atomic E-state index is 0.895. The molecule has 134 valence electrons. The van der Waals surface area contributed by atoms with Crippen LogP contribution in [0, 0.1) is 0 Å². The lowest BCUT2D eigenvalue weighted by molar-refractivity contribution is -0.412. The SMILES string of the molecule is CC(F)(C(F)(F)F)C(F)(F)C(F)(F)C(F)(F)C(F)(F)CCI. The summed E-state index contributed by atoms with van der Waals surface area (Å²) < 4.78 is 153. The average Bonchev–Trinajstić information content (AvgIpc) is 2.26. The summed E-state index contributed by atoms with van der Waals surface area (Å²) in [6.07, 6.45) is -8.73. The van der Waals surface area contributed by atoms with Crippen LogP contribution >= 0.6 is 22.6 Å². The molecule has 0 aromatic rings. The number of rotatable bonds is 6. The molecule has 0 fully saturated rings.